The zero-order valence-corrected chi connectivity index (χ0v) is 8.17. The molecule has 1 saturated carbocycles. The number of rotatable bonds is 3. The van der Waals surface area contributed by atoms with Crippen LogP contribution in [0.4, 0.5) is 0 Å². The highest BCUT2D eigenvalue weighted by Crippen LogP contribution is 2.28. The summed E-state index contributed by atoms with van der Waals surface area (Å²) >= 11 is 1.31. The molecule has 1 aliphatic rings. The van der Waals surface area contributed by atoms with Crippen LogP contribution in [-0.4, -0.2) is 39.3 Å². The summed E-state index contributed by atoms with van der Waals surface area (Å²) in [6, 6.07) is 0.0803. The molecule has 0 bridgehead atoms. The van der Waals surface area contributed by atoms with Crippen molar-refractivity contribution in [3.05, 3.63) is 0 Å². The molecule has 1 aliphatic carbocycles. The van der Waals surface area contributed by atoms with Crippen molar-refractivity contribution in [1.82, 2.24) is 0 Å². The topological polar surface area (TPSA) is 83.6 Å². The van der Waals surface area contributed by atoms with E-state index >= 15 is 0 Å². The fourth-order valence-corrected chi connectivity index (χ4v) is 2.52. The van der Waals surface area contributed by atoms with Crippen LogP contribution >= 0.6 is 11.8 Å². The van der Waals surface area contributed by atoms with Crippen LogP contribution in [0.15, 0.2) is 0 Å². The smallest absolute Gasteiger partial charge is 0.313 e. The lowest BCUT2D eigenvalue weighted by Gasteiger charge is -2.30. The highest BCUT2D eigenvalue weighted by atomic mass is 32.2. The summed E-state index contributed by atoms with van der Waals surface area (Å²) in [7, 11) is 0. The number of carboxylic acid groups (broad SMARTS) is 1. The van der Waals surface area contributed by atoms with Crippen LogP contribution in [0.2, 0.25) is 0 Å². The van der Waals surface area contributed by atoms with Crippen molar-refractivity contribution in [3.63, 3.8) is 0 Å². The number of nitrogens with two attached hydrogens (primary N) is 1. The van der Waals surface area contributed by atoms with Crippen LogP contribution in [0.3, 0.4) is 0 Å². The molecule has 0 unspecified atom stereocenters. The fraction of sp³-hybridized carbons (Fsp3) is 0.875. The summed E-state index contributed by atoms with van der Waals surface area (Å²) < 4.78 is 0. The Kier molecular flexibility index (Phi) is 4.02. The van der Waals surface area contributed by atoms with Gasteiger partial charge in [0.25, 0.3) is 0 Å². The van der Waals surface area contributed by atoms with Crippen molar-refractivity contribution in [2.75, 3.05) is 5.75 Å². The molecule has 0 radical (unpaired) electrons. The van der Waals surface area contributed by atoms with E-state index in [-0.39, 0.29) is 17.0 Å². The van der Waals surface area contributed by atoms with E-state index in [1.54, 1.807) is 0 Å². The predicted molar refractivity (Wildman–Crippen MR) is 51.7 cm³/mol. The first kappa shape index (κ1) is 10.8. The molecular weight excluding hydrogens is 190 g/mol. The monoisotopic (exact) mass is 205 g/mol. The lowest BCUT2D eigenvalue weighted by Crippen LogP contribution is -2.38. The van der Waals surface area contributed by atoms with Gasteiger partial charge < -0.3 is 15.9 Å². The maximum Gasteiger partial charge on any atom is 0.313 e. The van der Waals surface area contributed by atoms with Gasteiger partial charge in [0.15, 0.2) is 0 Å². The Morgan fingerprint density at radius 3 is 2.77 bits per heavy atom. The molecule has 0 saturated heterocycles. The lowest BCUT2D eigenvalue weighted by molar-refractivity contribution is -0.133. The van der Waals surface area contributed by atoms with Gasteiger partial charge in [0.1, 0.15) is 0 Å². The molecule has 0 aliphatic heterocycles. The largest absolute Gasteiger partial charge is 0.481 e. The Bertz CT molecular complexity index is 188. The molecule has 76 valence electrons. The van der Waals surface area contributed by atoms with Crippen molar-refractivity contribution in [3.8, 4) is 0 Å². The second-order valence-corrected chi connectivity index (χ2v) is 4.61. The molecule has 3 atom stereocenters. The van der Waals surface area contributed by atoms with Crippen LogP contribution in [-0.2, 0) is 4.79 Å². The summed E-state index contributed by atoms with van der Waals surface area (Å²) in [6.45, 7) is 0. The number of aliphatic carboxylic acids is 1. The summed E-state index contributed by atoms with van der Waals surface area (Å²) in [6.07, 6.45) is 1.86. The molecule has 0 aromatic rings. The Morgan fingerprint density at radius 1 is 1.54 bits per heavy atom. The quantitative estimate of drug-likeness (QED) is 0.606. The number of aliphatic hydroxyl groups is 1. The molecule has 0 heterocycles. The van der Waals surface area contributed by atoms with Gasteiger partial charge in [-0.05, 0) is 19.3 Å². The molecule has 13 heavy (non-hydrogen) atoms. The fourth-order valence-electron chi connectivity index (χ4n) is 1.52. The maximum atomic E-state index is 10.3. The van der Waals surface area contributed by atoms with E-state index in [1.165, 1.54) is 11.8 Å². The second kappa shape index (κ2) is 4.83. The normalized spacial score (nSPS) is 34.5. The van der Waals surface area contributed by atoms with Gasteiger partial charge in [0.2, 0.25) is 0 Å². The van der Waals surface area contributed by atoms with Crippen LogP contribution < -0.4 is 5.73 Å². The van der Waals surface area contributed by atoms with Gasteiger partial charge in [-0.15, -0.1) is 11.8 Å². The summed E-state index contributed by atoms with van der Waals surface area (Å²) in [4.78, 5) is 10.3. The number of thioether (sulfide) groups is 1. The highest BCUT2D eigenvalue weighted by molar-refractivity contribution is 8.00. The average molecular weight is 205 g/mol. The van der Waals surface area contributed by atoms with Gasteiger partial charge >= 0.3 is 5.97 Å². The SMILES string of the molecule is N[C@@H]1CC[C@@H](SCC(=O)O)[C@H](O)C1. The van der Waals surface area contributed by atoms with Crippen molar-refractivity contribution < 1.29 is 15.0 Å². The first-order valence-corrected chi connectivity index (χ1v) is 5.41. The van der Waals surface area contributed by atoms with Crippen LogP contribution in [0.1, 0.15) is 19.3 Å². The highest BCUT2D eigenvalue weighted by Gasteiger charge is 2.27. The first-order valence-electron chi connectivity index (χ1n) is 4.36. The van der Waals surface area contributed by atoms with E-state index in [9.17, 15) is 9.90 Å². The number of hydrogen-bond donors (Lipinski definition) is 3. The number of carboxylic acids is 1. The summed E-state index contributed by atoms with van der Waals surface area (Å²) in [5.74, 6) is -0.760. The number of aliphatic hydroxyl groups excluding tert-OH is 1. The minimum Gasteiger partial charge on any atom is -0.481 e. The van der Waals surface area contributed by atoms with Crippen LogP contribution in [0, 0.1) is 0 Å². The van der Waals surface area contributed by atoms with Crippen molar-refractivity contribution in [2.24, 2.45) is 5.73 Å². The molecule has 1 fully saturated rings. The molecule has 4 nitrogen and oxygen atoms in total. The van der Waals surface area contributed by atoms with Gasteiger partial charge in [-0.3, -0.25) is 4.79 Å². The minimum absolute atomic E-state index is 0.0518. The zero-order valence-electron chi connectivity index (χ0n) is 7.35. The molecule has 0 aromatic heterocycles. The van der Waals surface area contributed by atoms with Crippen molar-refractivity contribution in [1.29, 1.82) is 0 Å². The van der Waals surface area contributed by atoms with Gasteiger partial charge in [0.05, 0.1) is 11.9 Å². The lowest BCUT2D eigenvalue weighted by atomic mass is 9.93. The predicted octanol–water partition coefficient (Wildman–Crippen LogP) is 0.0449. The molecular formula is C8H15NO3S. The van der Waals surface area contributed by atoms with E-state index in [2.05, 4.69) is 0 Å². The van der Waals surface area contributed by atoms with Crippen molar-refractivity contribution in [2.45, 2.75) is 36.7 Å². The molecule has 0 amide bonds. The van der Waals surface area contributed by atoms with E-state index in [0.29, 0.717) is 6.42 Å². The third-order valence-electron chi connectivity index (χ3n) is 2.22. The van der Waals surface area contributed by atoms with Gasteiger partial charge in [-0.1, -0.05) is 0 Å². The van der Waals surface area contributed by atoms with Gasteiger partial charge in [-0.2, -0.15) is 0 Å². The van der Waals surface area contributed by atoms with Gasteiger partial charge in [-0.25, -0.2) is 0 Å². The van der Waals surface area contributed by atoms with E-state index < -0.39 is 12.1 Å². The molecule has 4 N–H and O–H groups in total. The third kappa shape index (κ3) is 3.54. The Hall–Kier alpha value is -0.260. The second-order valence-electron chi connectivity index (χ2n) is 3.38. The third-order valence-corrected chi connectivity index (χ3v) is 3.61. The Balaban J connectivity index is 2.29. The minimum atomic E-state index is -0.827. The van der Waals surface area contributed by atoms with Gasteiger partial charge in [0, 0.05) is 11.3 Å². The van der Waals surface area contributed by atoms with E-state index in [0.717, 1.165) is 12.8 Å². The van der Waals surface area contributed by atoms with Crippen LogP contribution in [0.25, 0.3) is 0 Å². The van der Waals surface area contributed by atoms with Crippen LogP contribution in [0.5, 0.6) is 0 Å². The maximum absolute atomic E-state index is 10.3. The van der Waals surface area contributed by atoms with E-state index in [1.807, 2.05) is 0 Å². The molecule has 5 heteroatoms. The molecule has 0 aromatic carbocycles. The number of hydrogen-bond acceptors (Lipinski definition) is 4. The van der Waals surface area contributed by atoms with Crippen molar-refractivity contribution >= 4 is 17.7 Å². The standard InChI is InChI=1S/C8H15NO3S/c9-5-1-2-7(6(10)3-5)13-4-8(11)12/h5-7,10H,1-4,9H2,(H,11,12)/t5-,6-,7-/m1/s1. The Labute approximate surface area is 81.5 Å². The first-order chi connectivity index (χ1) is 6.09. The molecule has 0 spiro atoms. The zero-order chi connectivity index (χ0) is 9.84. The summed E-state index contributed by atoms with van der Waals surface area (Å²) in [5, 5.41) is 18.1. The average Bonchev–Trinajstić information content (AvgIpc) is 2.02. The summed E-state index contributed by atoms with van der Waals surface area (Å²) in [5.41, 5.74) is 5.66. The molecule has 1 rings (SSSR count). The number of carbonyl (C=O) groups is 1. The Morgan fingerprint density at radius 2 is 2.23 bits per heavy atom. The van der Waals surface area contributed by atoms with E-state index in [4.69, 9.17) is 10.8 Å².